The van der Waals surface area contributed by atoms with E-state index >= 15 is 0 Å². The highest BCUT2D eigenvalue weighted by atomic mass is 19.4. The van der Waals surface area contributed by atoms with Crippen molar-refractivity contribution in [3.8, 4) is 0 Å². The Morgan fingerprint density at radius 1 is 1.14 bits per heavy atom. The number of hydrogen-bond donors (Lipinski definition) is 0. The highest BCUT2D eigenvalue weighted by molar-refractivity contribution is 6.64. The first-order valence-corrected chi connectivity index (χ1v) is 4.35. The van der Waals surface area contributed by atoms with Gasteiger partial charge in [-0.2, -0.15) is 0 Å². The molecular formula is C10H11BF3-. The van der Waals surface area contributed by atoms with Crippen molar-refractivity contribution in [3.05, 3.63) is 40.9 Å². The van der Waals surface area contributed by atoms with Gasteiger partial charge in [0.25, 0.3) is 0 Å². The Bertz CT molecular complexity index is 353. The van der Waals surface area contributed by atoms with E-state index in [1.807, 2.05) is 19.9 Å². The van der Waals surface area contributed by atoms with E-state index in [1.54, 1.807) is 12.1 Å². The standard InChI is InChI=1S/C10H11BF3/c1-8-4-3-5-10(9(8)2)6-7-11(12,13)14/h3-7H,1-2H3/q-1/b7-6+. The summed E-state index contributed by atoms with van der Waals surface area (Å²) < 4.78 is 35.8. The van der Waals surface area contributed by atoms with E-state index in [4.69, 9.17) is 0 Å². The lowest BCUT2D eigenvalue weighted by molar-refractivity contribution is 0.499. The summed E-state index contributed by atoms with van der Waals surface area (Å²) >= 11 is 0. The summed E-state index contributed by atoms with van der Waals surface area (Å²) in [4.78, 5) is 0. The molecular weight excluding hydrogens is 188 g/mol. The first-order chi connectivity index (χ1) is 6.40. The van der Waals surface area contributed by atoms with Crippen LogP contribution in [0.1, 0.15) is 16.7 Å². The molecule has 0 saturated heterocycles. The molecule has 4 heteroatoms. The normalized spacial score (nSPS) is 12.4. The zero-order chi connectivity index (χ0) is 10.8. The molecule has 0 spiro atoms. The van der Waals surface area contributed by atoms with Crippen molar-refractivity contribution in [1.82, 2.24) is 0 Å². The molecule has 0 unspecified atom stereocenters. The van der Waals surface area contributed by atoms with Crippen LogP contribution in [-0.2, 0) is 0 Å². The van der Waals surface area contributed by atoms with Crippen LogP contribution in [0.2, 0.25) is 0 Å². The van der Waals surface area contributed by atoms with Crippen molar-refractivity contribution in [1.29, 1.82) is 0 Å². The third-order valence-corrected chi connectivity index (χ3v) is 2.14. The van der Waals surface area contributed by atoms with Crippen LogP contribution in [0.25, 0.3) is 6.08 Å². The summed E-state index contributed by atoms with van der Waals surface area (Å²) in [5, 5.41) is 0. The number of aryl methyl sites for hydroxylation is 1. The fourth-order valence-corrected chi connectivity index (χ4v) is 1.17. The van der Waals surface area contributed by atoms with Crippen LogP contribution >= 0.6 is 0 Å². The van der Waals surface area contributed by atoms with Gasteiger partial charge in [0.15, 0.2) is 0 Å². The molecule has 76 valence electrons. The van der Waals surface area contributed by atoms with Gasteiger partial charge in [-0.3, -0.25) is 0 Å². The van der Waals surface area contributed by atoms with Gasteiger partial charge in [-0.05, 0) is 30.5 Å². The molecule has 0 radical (unpaired) electrons. The molecule has 0 N–H and O–H groups in total. The predicted octanol–water partition coefficient (Wildman–Crippen LogP) is 3.70. The van der Waals surface area contributed by atoms with Gasteiger partial charge >= 0.3 is 6.98 Å². The van der Waals surface area contributed by atoms with E-state index in [1.165, 1.54) is 0 Å². The van der Waals surface area contributed by atoms with Gasteiger partial charge in [-0.15, -0.1) is 5.98 Å². The van der Waals surface area contributed by atoms with Gasteiger partial charge in [0.1, 0.15) is 0 Å². The van der Waals surface area contributed by atoms with Gasteiger partial charge < -0.3 is 12.9 Å². The van der Waals surface area contributed by atoms with Gasteiger partial charge in [0.2, 0.25) is 0 Å². The maximum atomic E-state index is 11.9. The molecule has 0 saturated carbocycles. The van der Waals surface area contributed by atoms with Crippen LogP contribution in [0.15, 0.2) is 24.2 Å². The Kier molecular flexibility index (Phi) is 3.04. The van der Waals surface area contributed by atoms with E-state index in [9.17, 15) is 12.9 Å². The van der Waals surface area contributed by atoms with Crippen LogP contribution in [0.3, 0.4) is 0 Å². The van der Waals surface area contributed by atoms with E-state index < -0.39 is 6.98 Å². The topological polar surface area (TPSA) is 0 Å². The maximum Gasteiger partial charge on any atom is 0.502 e. The Hall–Kier alpha value is -1.19. The Balaban J connectivity index is 2.98. The highest BCUT2D eigenvalue weighted by Crippen LogP contribution is 2.17. The lowest BCUT2D eigenvalue weighted by Gasteiger charge is -2.08. The van der Waals surface area contributed by atoms with E-state index in [0.29, 0.717) is 11.5 Å². The van der Waals surface area contributed by atoms with Crippen LogP contribution in [0.4, 0.5) is 12.9 Å². The summed E-state index contributed by atoms with van der Waals surface area (Å²) in [6, 6.07) is 5.32. The number of hydrogen-bond acceptors (Lipinski definition) is 0. The predicted molar refractivity (Wildman–Crippen MR) is 54.0 cm³/mol. The molecule has 0 nitrogen and oxygen atoms in total. The number of benzene rings is 1. The van der Waals surface area contributed by atoms with Crippen molar-refractivity contribution in [2.75, 3.05) is 0 Å². The smallest absolute Gasteiger partial charge is 0.445 e. The van der Waals surface area contributed by atoms with Crippen molar-refractivity contribution in [2.24, 2.45) is 0 Å². The second-order valence-corrected chi connectivity index (χ2v) is 3.27. The average molecular weight is 199 g/mol. The fourth-order valence-electron chi connectivity index (χ4n) is 1.17. The molecule has 1 aromatic rings. The third-order valence-electron chi connectivity index (χ3n) is 2.14. The van der Waals surface area contributed by atoms with Crippen LogP contribution in [-0.4, -0.2) is 6.98 Å². The minimum atomic E-state index is -4.83. The highest BCUT2D eigenvalue weighted by Gasteiger charge is 2.17. The average Bonchev–Trinajstić information content (AvgIpc) is 2.06. The zero-order valence-corrected chi connectivity index (χ0v) is 8.10. The Morgan fingerprint density at radius 2 is 1.79 bits per heavy atom. The van der Waals surface area contributed by atoms with Crippen molar-refractivity contribution < 1.29 is 12.9 Å². The van der Waals surface area contributed by atoms with Crippen molar-refractivity contribution >= 4 is 13.1 Å². The quantitative estimate of drug-likeness (QED) is 0.637. The summed E-state index contributed by atoms with van der Waals surface area (Å²) in [5.74, 6) is 0.321. The van der Waals surface area contributed by atoms with Gasteiger partial charge in [0, 0.05) is 0 Å². The SMILES string of the molecule is Cc1cccc(/C=C/[B-](F)(F)F)c1C. The molecule has 1 rings (SSSR count). The third kappa shape index (κ3) is 2.94. The molecule has 0 bridgehead atoms. The second-order valence-electron chi connectivity index (χ2n) is 3.27. The lowest BCUT2D eigenvalue weighted by Crippen LogP contribution is -2.09. The largest absolute Gasteiger partial charge is 0.502 e. The molecule has 14 heavy (non-hydrogen) atoms. The van der Waals surface area contributed by atoms with Crippen LogP contribution in [0, 0.1) is 13.8 Å². The molecule has 0 aliphatic carbocycles. The summed E-state index contributed by atoms with van der Waals surface area (Å²) in [6.07, 6.45) is 1.13. The first kappa shape index (κ1) is 10.9. The van der Waals surface area contributed by atoms with Crippen molar-refractivity contribution in [3.63, 3.8) is 0 Å². The number of rotatable bonds is 2. The van der Waals surface area contributed by atoms with E-state index in [-0.39, 0.29) is 0 Å². The van der Waals surface area contributed by atoms with Gasteiger partial charge in [-0.1, -0.05) is 24.3 Å². The summed E-state index contributed by atoms with van der Waals surface area (Å²) in [6.45, 7) is -1.14. The van der Waals surface area contributed by atoms with E-state index in [0.717, 1.165) is 17.2 Å². The maximum absolute atomic E-state index is 11.9. The molecule has 1 aromatic carbocycles. The summed E-state index contributed by atoms with van der Waals surface area (Å²) in [7, 11) is 0. The minimum Gasteiger partial charge on any atom is -0.445 e. The monoisotopic (exact) mass is 199 g/mol. The van der Waals surface area contributed by atoms with Crippen LogP contribution < -0.4 is 0 Å². The lowest BCUT2D eigenvalue weighted by atomic mass is 9.89. The molecule has 0 aliphatic heterocycles. The molecule has 0 fully saturated rings. The Labute approximate surface area is 81.5 Å². The molecule has 0 amide bonds. The Morgan fingerprint density at radius 3 is 2.36 bits per heavy atom. The summed E-state index contributed by atoms with van der Waals surface area (Å²) in [5.41, 5.74) is 2.52. The minimum absolute atomic E-state index is 0.321. The van der Waals surface area contributed by atoms with Crippen molar-refractivity contribution in [2.45, 2.75) is 13.8 Å². The molecule has 0 heterocycles. The number of halogens is 3. The molecule has 0 aliphatic rings. The first-order valence-electron chi connectivity index (χ1n) is 4.35. The molecule has 0 atom stereocenters. The molecule has 0 aromatic heterocycles. The zero-order valence-electron chi connectivity index (χ0n) is 8.10. The van der Waals surface area contributed by atoms with Crippen LogP contribution in [0.5, 0.6) is 0 Å². The van der Waals surface area contributed by atoms with Gasteiger partial charge in [-0.25, -0.2) is 0 Å². The fraction of sp³-hybridized carbons (Fsp3) is 0.200. The second kappa shape index (κ2) is 3.90. The van der Waals surface area contributed by atoms with Gasteiger partial charge in [0.05, 0.1) is 0 Å². The van der Waals surface area contributed by atoms with E-state index in [2.05, 4.69) is 0 Å².